The number of nitrogens with zero attached hydrogens (tertiary/aromatic N) is 1. The number of hydrogen-bond acceptors (Lipinski definition) is 8. The van der Waals surface area contributed by atoms with Gasteiger partial charge < -0.3 is 48.5 Å². The van der Waals surface area contributed by atoms with Crippen molar-refractivity contribution in [2.24, 2.45) is 28.1 Å². The summed E-state index contributed by atoms with van der Waals surface area (Å²) in [7, 11) is 0. The lowest BCUT2D eigenvalue weighted by Crippen LogP contribution is -2.58. The summed E-state index contributed by atoms with van der Waals surface area (Å²) in [5, 5.41) is 34.8. The monoisotopic (exact) mass is 461 g/mol. The van der Waals surface area contributed by atoms with E-state index in [0.29, 0.717) is 6.42 Å². The van der Waals surface area contributed by atoms with Crippen LogP contribution in [0.5, 0.6) is 0 Å². The molecule has 0 aliphatic carbocycles. The number of rotatable bonds is 15. The van der Waals surface area contributed by atoms with Crippen LogP contribution in [-0.4, -0.2) is 88.9 Å². The second-order valence-electron chi connectivity index (χ2n) is 7.25. The standard InChI is InChI=1S/C18H35N7O7/c1-3-9(2)13(17(31)32)25-16(30)12(8-27)24-15(29)11(5-4-6-22-18(20)21)23-14(28)10(19)7-26/h9-13,26-27H,3-8,19H2,1-2H3,(H,23,28)(H,24,29)(H,25,30)(H,31,32)(H4,20,21,22). The lowest BCUT2D eigenvalue weighted by atomic mass is 9.99. The number of carboxylic acid groups (broad SMARTS) is 1. The van der Waals surface area contributed by atoms with E-state index in [1.54, 1.807) is 13.8 Å². The summed E-state index contributed by atoms with van der Waals surface area (Å²) in [5.74, 6) is -4.32. The summed E-state index contributed by atoms with van der Waals surface area (Å²) in [6.45, 7) is 2.09. The minimum atomic E-state index is -1.46. The van der Waals surface area contributed by atoms with Crippen LogP contribution in [0.25, 0.3) is 0 Å². The Bertz CT molecular complexity index is 670. The van der Waals surface area contributed by atoms with Crippen LogP contribution in [0.2, 0.25) is 0 Å². The highest BCUT2D eigenvalue weighted by Crippen LogP contribution is 2.08. The molecule has 184 valence electrons. The Labute approximate surface area is 186 Å². The van der Waals surface area contributed by atoms with Crippen molar-refractivity contribution in [3.8, 4) is 0 Å². The third-order valence-corrected chi connectivity index (χ3v) is 4.70. The number of aliphatic hydroxyl groups excluding tert-OH is 2. The first-order valence-corrected chi connectivity index (χ1v) is 10.1. The highest BCUT2D eigenvalue weighted by atomic mass is 16.4. The quantitative estimate of drug-likeness (QED) is 0.0647. The Hall–Kier alpha value is -2.97. The summed E-state index contributed by atoms with van der Waals surface area (Å²) in [6, 6.07) is -5.12. The molecule has 0 aromatic heterocycles. The van der Waals surface area contributed by atoms with E-state index in [0.717, 1.165) is 0 Å². The predicted octanol–water partition coefficient (Wildman–Crippen LogP) is -4.06. The molecule has 0 bridgehead atoms. The Morgan fingerprint density at radius 2 is 1.50 bits per heavy atom. The van der Waals surface area contributed by atoms with Crippen LogP contribution in [0.1, 0.15) is 33.1 Å². The molecule has 14 heteroatoms. The summed E-state index contributed by atoms with van der Waals surface area (Å²) >= 11 is 0. The Balaban J connectivity index is 5.31. The molecule has 12 N–H and O–H groups in total. The van der Waals surface area contributed by atoms with Crippen molar-refractivity contribution in [3.05, 3.63) is 0 Å². The van der Waals surface area contributed by atoms with Crippen molar-refractivity contribution < 1.29 is 34.5 Å². The van der Waals surface area contributed by atoms with Crippen LogP contribution in [-0.2, 0) is 19.2 Å². The molecular weight excluding hydrogens is 426 g/mol. The van der Waals surface area contributed by atoms with Crippen LogP contribution >= 0.6 is 0 Å². The Morgan fingerprint density at radius 3 is 1.97 bits per heavy atom. The maximum atomic E-state index is 12.7. The number of guanidine groups is 1. The van der Waals surface area contributed by atoms with Crippen LogP contribution < -0.4 is 33.2 Å². The first-order valence-electron chi connectivity index (χ1n) is 10.1. The molecule has 0 saturated heterocycles. The van der Waals surface area contributed by atoms with Crippen molar-refractivity contribution in [3.63, 3.8) is 0 Å². The molecule has 3 amide bonds. The lowest BCUT2D eigenvalue weighted by Gasteiger charge is -2.25. The van der Waals surface area contributed by atoms with E-state index in [2.05, 4.69) is 20.9 Å². The number of carbonyl (C=O) groups is 4. The molecule has 0 aromatic rings. The summed E-state index contributed by atoms with van der Waals surface area (Å²) in [5.41, 5.74) is 15.9. The van der Waals surface area contributed by atoms with Gasteiger partial charge in [-0.05, 0) is 18.8 Å². The van der Waals surface area contributed by atoms with E-state index in [9.17, 15) is 29.4 Å². The zero-order valence-electron chi connectivity index (χ0n) is 18.3. The second-order valence-corrected chi connectivity index (χ2v) is 7.25. The zero-order valence-corrected chi connectivity index (χ0v) is 18.3. The van der Waals surface area contributed by atoms with Gasteiger partial charge in [-0.1, -0.05) is 20.3 Å². The van der Waals surface area contributed by atoms with Crippen LogP contribution in [0.4, 0.5) is 0 Å². The topological polar surface area (TPSA) is 255 Å². The molecule has 5 atom stereocenters. The molecule has 32 heavy (non-hydrogen) atoms. The number of hydrogen-bond donors (Lipinski definition) is 9. The number of aliphatic hydroxyl groups is 2. The number of carboxylic acids is 1. The van der Waals surface area contributed by atoms with Crippen molar-refractivity contribution in [2.45, 2.75) is 57.3 Å². The van der Waals surface area contributed by atoms with Gasteiger partial charge in [0.25, 0.3) is 0 Å². The third-order valence-electron chi connectivity index (χ3n) is 4.70. The van der Waals surface area contributed by atoms with Gasteiger partial charge in [-0.25, -0.2) is 4.79 Å². The van der Waals surface area contributed by atoms with E-state index in [4.69, 9.17) is 22.3 Å². The molecule has 0 spiro atoms. The number of aliphatic imine (C=N–C) groups is 1. The van der Waals surface area contributed by atoms with Crippen molar-refractivity contribution in [1.29, 1.82) is 0 Å². The van der Waals surface area contributed by atoms with Gasteiger partial charge in [0.15, 0.2) is 5.96 Å². The van der Waals surface area contributed by atoms with Gasteiger partial charge in [-0.2, -0.15) is 0 Å². The molecule has 0 aliphatic rings. The van der Waals surface area contributed by atoms with Gasteiger partial charge in [0.05, 0.1) is 13.2 Å². The minimum absolute atomic E-state index is 0.0525. The summed E-state index contributed by atoms with van der Waals surface area (Å²) in [4.78, 5) is 52.3. The van der Waals surface area contributed by atoms with Crippen molar-refractivity contribution >= 4 is 29.7 Å². The maximum absolute atomic E-state index is 12.7. The van der Waals surface area contributed by atoms with Crippen molar-refractivity contribution in [1.82, 2.24) is 16.0 Å². The number of amides is 3. The fraction of sp³-hybridized carbons (Fsp3) is 0.722. The number of carbonyl (C=O) groups excluding carboxylic acids is 3. The van der Waals surface area contributed by atoms with Crippen molar-refractivity contribution in [2.75, 3.05) is 19.8 Å². The molecule has 0 rings (SSSR count). The first-order chi connectivity index (χ1) is 15.0. The highest BCUT2D eigenvalue weighted by molar-refractivity contribution is 5.94. The lowest BCUT2D eigenvalue weighted by molar-refractivity contribution is -0.144. The zero-order chi connectivity index (χ0) is 24.8. The number of nitrogens with one attached hydrogen (secondary N) is 3. The Kier molecular flexibility index (Phi) is 13.5. The van der Waals surface area contributed by atoms with Gasteiger partial charge in [-0.15, -0.1) is 0 Å². The molecule has 0 radical (unpaired) electrons. The Morgan fingerprint density at radius 1 is 0.938 bits per heavy atom. The van der Waals surface area contributed by atoms with Gasteiger partial charge in [0.2, 0.25) is 17.7 Å². The van der Waals surface area contributed by atoms with Gasteiger partial charge in [0.1, 0.15) is 24.2 Å². The molecule has 5 unspecified atom stereocenters. The van der Waals surface area contributed by atoms with E-state index in [-0.39, 0.29) is 25.3 Å². The van der Waals surface area contributed by atoms with Crippen LogP contribution in [0, 0.1) is 5.92 Å². The number of aliphatic carboxylic acids is 1. The molecule has 0 aromatic carbocycles. The predicted molar refractivity (Wildman–Crippen MR) is 115 cm³/mol. The molecule has 0 saturated carbocycles. The smallest absolute Gasteiger partial charge is 0.326 e. The second kappa shape index (κ2) is 14.9. The average Bonchev–Trinajstić information content (AvgIpc) is 2.75. The largest absolute Gasteiger partial charge is 0.480 e. The van der Waals surface area contributed by atoms with Gasteiger partial charge in [-0.3, -0.25) is 19.4 Å². The summed E-state index contributed by atoms with van der Waals surface area (Å²) in [6.07, 6.45) is 0.801. The van der Waals surface area contributed by atoms with E-state index in [1.165, 1.54) is 0 Å². The summed E-state index contributed by atoms with van der Waals surface area (Å²) < 4.78 is 0. The van der Waals surface area contributed by atoms with E-state index >= 15 is 0 Å². The highest BCUT2D eigenvalue weighted by Gasteiger charge is 2.31. The van der Waals surface area contributed by atoms with Gasteiger partial charge in [0, 0.05) is 6.54 Å². The number of nitrogens with two attached hydrogens (primary N) is 3. The molecule has 0 aliphatic heterocycles. The fourth-order valence-corrected chi connectivity index (χ4v) is 2.54. The maximum Gasteiger partial charge on any atom is 0.326 e. The average molecular weight is 462 g/mol. The third kappa shape index (κ3) is 10.4. The molecule has 0 fully saturated rings. The molecule has 0 heterocycles. The normalized spacial score (nSPS) is 15.4. The SMILES string of the molecule is CCC(C)C(NC(=O)C(CO)NC(=O)C(CCCN=C(N)N)NC(=O)C(N)CO)C(=O)O. The molecular formula is C18H35N7O7. The van der Waals surface area contributed by atoms with E-state index < -0.39 is 67.0 Å². The van der Waals surface area contributed by atoms with Gasteiger partial charge >= 0.3 is 5.97 Å². The molecule has 14 nitrogen and oxygen atoms in total. The van der Waals surface area contributed by atoms with Crippen LogP contribution in [0.3, 0.4) is 0 Å². The van der Waals surface area contributed by atoms with Crippen LogP contribution in [0.15, 0.2) is 4.99 Å². The van der Waals surface area contributed by atoms with E-state index in [1.807, 2.05) is 0 Å². The minimum Gasteiger partial charge on any atom is -0.480 e. The first kappa shape index (κ1) is 29.0. The fourth-order valence-electron chi connectivity index (χ4n) is 2.54.